The predicted octanol–water partition coefficient (Wildman–Crippen LogP) is 7.38. The third-order valence-electron chi connectivity index (χ3n) is 8.05. The van der Waals surface area contributed by atoms with E-state index in [1.54, 1.807) is 38.5 Å². The van der Waals surface area contributed by atoms with Crippen LogP contribution in [0.15, 0.2) is 0 Å². The third kappa shape index (κ3) is 5.98. The van der Waals surface area contributed by atoms with Crippen molar-refractivity contribution in [1.82, 2.24) is 0 Å². The van der Waals surface area contributed by atoms with Crippen LogP contribution in [-0.4, -0.2) is 12.7 Å². The normalized spacial score (nSPS) is 40.1. The molecule has 2 atom stereocenters. The highest BCUT2D eigenvalue weighted by atomic mass is 16.5. The van der Waals surface area contributed by atoms with Gasteiger partial charge in [-0.15, -0.1) is 0 Å². The van der Waals surface area contributed by atoms with Crippen molar-refractivity contribution in [2.45, 2.75) is 116 Å². The fraction of sp³-hybridized carbons (Fsp3) is 1.00. The zero-order valence-corrected chi connectivity index (χ0v) is 17.2. The van der Waals surface area contributed by atoms with Gasteiger partial charge in [0, 0.05) is 6.61 Å². The summed E-state index contributed by atoms with van der Waals surface area (Å²) in [6.45, 7) is 5.67. The summed E-state index contributed by atoms with van der Waals surface area (Å²) in [4.78, 5) is 0. The number of rotatable bonds is 7. The summed E-state index contributed by atoms with van der Waals surface area (Å²) in [5.74, 6) is 5.16. The van der Waals surface area contributed by atoms with Gasteiger partial charge in [0.05, 0.1) is 6.10 Å². The first kappa shape index (κ1) is 19.7. The van der Waals surface area contributed by atoms with Crippen LogP contribution < -0.4 is 0 Å². The van der Waals surface area contributed by atoms with Gasteiger partial charge in [-0.05, 0) is 81.0 Å². The summed E-state index contributed by atoms with van der Waals surface area (Å²) in [5.41, 5.74) is 0. The van der Waals surface area contributed by atoms with E-state index in [9.17, 15) is 0 Å². The molecule has 0 N–H and O–H groups in total. The smallest absolute Gasteiger partial charge is 0.0572 e. The van der Waals surface area contributed by atoms with E-state index in [4.69, 9.17) is 4.74 Å². The Bertz CT molecular complexity index is 341. The lowest BCUT2D eigenvalue weighted by atomic mass is 9.68. The molecule has 1 heteroatoms. The van der Waals surface area contributed by atoms with Gasteiger partial charge in [0.15, 0.2) is 0 Å². The van der Waals surface area contributed by atoms with Crippen LogP contribution >= 0.6 is 0 Å². The Morgan fingerprint density at radius 3 is 1.60 bits per heavy atom. The molecule has 146 valence electrons. The van der Waals surface area contributed by atoms with E-state index in [2.05, 4.69) is 13.8 Å². The zero-order chi connectivity index (χ0) is 17.5. The standard InChI is InChI=1S/C24H44O/c1-3-5-19-8-13-22(14-9-19)23-15-10-20(11-16-23)6-7-21-12-17-24(4-2)25-18-21/h19-24H,3-18H2,1-2H3. The minimum atomic E-state index is 0.569. The van der Waals surface area contributed by atoms with Crippen molar-refractivity contribution in [3.05, 3.63) is 0 Å². The van der Waals surface area contributed by atoms with Crippen molar-refractivity contribution in [3.8, 4) is 0 Å². The van der Waals surface area contributed by atoms with Crippen LogP contribution in [0.3, 0.4) is 0 Å². The summed E-state index contributed by atoms with van der Waals surface area (Å²) >= 11 is 0. The molecule has 3 rings (SSSR count). The molecule has 3 aliphatic rings. The maximum Gasteiger partial charge on any atom is 0.0572 e. The second-order valence-corrected chi connectivity index (χ2v) is 9.73. The van der Waals surface area contributed by atoms with E-state index >= 15 is 0 Å². The van der Waals surface area contributed by atoms with Gasteiger partial charge in [-0.1, -0.05) is 58.8 Å². The molecule has 0 aromatic heterocycles. The first-order valence-electron chi connectivity index (χ1n) is 11.9. The highest BCUT2D eigenvalue weighted by Crippen LogP contribution is 2.43. The first-order chi connectivity index (χ1) is 12.3. The largest absolute Gasteiger partial charge is 0.378 e. The van der Waals surface area contributed by atoms with Gasteiger partial charge in [-0.2, -0.15) is 0 Å². The topological polar surface area (TPSA) is 9.23 Å². The van der Waals surface area contributed by atoms with Crippen molar-refractivity contribution < 1.29 is 4.74 Å². The molecule has 0 aromatic carbocycles. The Morgan fingerprint density at radius 2 is 1.12 bits per heavy atom. The molecule has 3 fully saturated rings. The minimum Gasteiger partial charge on any atom is -0.378 e. The third-order valence-corrected chi connectivity index (χ3v) is 8.05. The van der Waals surface area contributed by atoms with Crippen molar-refractivity contribution in [2.75, 3.05) is 6.61 Å². The molecule has 0 aromatic rings. The minimum absolute atomic E-state index is 0.569. The Morgan fingerprint density at radius 1 is 0.600 bits per heavy atom. The Hall–Kier alpha value is -0.0400. The molecular weight excluding hydrogens is 304 g/mol. The lowest BCUT2D eigenvalue weighted by Gasteiger charge is -2.38. The van der Waals surface area contributed by atoms with Crippen LogP contribution in [0.1, 0.15) is 110 Å². The summed E-state index contributed by atoms with van der Waals surface area (Å²) in [5, 5.41) is 0. The molecular formula is C24H44O. The molecule has 2 unspecified atom stereocenters. The fourth-order valence-electron chi connectivity index (χ4n) is 6.19. The van der Waals surface area contributed by atoms with Crippen LogP contribution in [0.4, 0.5) is 0 Å². The van der Waals surface area contributed by atoms with E-state index in [1.807, 2.05) is 0 Å². The molecule has 1 saturated heterocycles. The van der Waals surface area contributed by atoms with Gasteiger partial charge < -0.3 is 4.74 Å². The lowest BCUT2D eigenvalue weighted by Crippen LogP contribution is -2.27. The van der Waals surface area contributed by atoms with Gasteiger partial charge in [0.2, 0.25) is 0 Å². The van der Waals surface area contributed by atoms with Crippen molar-refractivity contribution >= 4 is 0 Å². The molecule has 0 bridgehead atoms. The Kier molecular flexibility index (Phi) is 8.15. The van der Waals surface area contributed by atoms with Gasteiger partial charge in [-0.3, -0.25) is 0 Å². The lowest BCUT2D eigenvalue weighted by molar-refractivity contribution is -0.0211. The van der Waals surface area contributed by atoms with E-state index in [-0.39, 0.29) is 0 Å². The van der Waals surface area contributed by atoms with Gasteiger partial charge in [0.25, 0.3) is 0 Å². The maximum atomic E-state index is 6.00. The zero-order valence-electron chi connectivity index (χ0n) is 17.2. The average Bonchev–Trinajstić information content (AvgIpc) is 2.68. The van der Waals surface area contributed by atoms with E-state index < -0.39 is 0 Å². The van der Waals surface area contributed by atoms with E-state index in [0.29, 0.717) is 6.10 Å². The molecule has 1 nitrogen and oxygen atoms in total. The molecule has 25 heavy (non-hydrogen) atoms. The van der Waals surface area contributed by atoms with Crippen LogP contribution in [0, 0.1) is 29.6 Å². The summed E-state index contributed by atoms with van der Waals surface area (Å²) in [7, 11) is 0. The fourth-order valence-corrected chi connectivity index (χ4v) is 6.19. The van der Waals surface area contributed by atoms with Gasteiger partial charge in [-0.25, -0.2) is 0 Å². The second-order valence-electron chi connectivity index (χ2n) is 9.73. The molecule has 1 aliphatic heterocycles. The van der Waals surface area contributed by atoms with Crippen LogP contribution in [0.5, 0.6) is 0 Å². The van der Waals surface area contributed by atoms with Crippen LogP contribution in [0.2, 0.25) is 0 Å². The molecule has 2 aliphatic carbocycles. The summed E-state index contributed by atoms with van der Waals surface area (Å²) in [6.07, 6.45) is 22.7. The SMILES string of the molecule is CCCC1CCC(C2CCC(CCC3CCC(CC)OC3)CC2)CC1. The van der Waals surface area contributed by atoms with Crippen LogP contribution in [-0.2, 0) is 4.74 Å². The maximum absolute atomic E-state index is 6.00. The highest BCUT2D eigenvalue weighted by Gasteiger charge is 2.31. The quantitative estimate of drug-likeness (QED) is 0.466. The Labute approximate surface area is 157 Å². The monoisotopic (exact) mass is 348 g/mol. The average molecular weight is 349 g/mol. The van der Waals surface area contributed by atoms with Gasteiger partial charge >= 0.3 is 0 Å². The molecule has 1 heterocycles. The molecule has 0 amide bonds. The van der Waals surface area contributed by atoms with E-state index in [1.165, 1.54) is 57.8 Å². The number of hydrogen-bond acceptors (Lipinski definition) is 1. The Balaban J connectivity index is 1.29. The van der Waals surface area contributed by atoms with Crippen molar-refractivity contribution in [1.29, 1.82) is 0 Å². The molecule has 0 spiro atoms. The molecule has 2 saturated carbocycles. The first-order valence-corrected chi connectivity index (χ1v) is 11.9. The number of ether oxygens (including phenoxy) is 1. The van der Waals surface area contributed by atoms with Crippen molar-refractivity contribution in [3.63, 3.8) is 0 Å². The summed E-state index contributed by atoms with van der Waals surface area (Å²) < 4.78 is 6.00. The van der Waals surface area contributed by atoms with E-state index in [0.717, 1.165) is 36.2 Å². The summed E-state index contributed by atoms with van der Waals surface area (Å²) in [6, 6.07) is 0. The number of hydrogen-bond donors (Lipinski definition) is 0. The predicted molar refractivity (Wildman–Crippen MR) is 108 cm³/mol. The highest BCUT2D eigenvalue weighted by molar-refractivity contribution is 4.82. The molecule has 0 radical (unpaired) electrons. The van der Waals surface area contributed by atoms with Gasteiger partial charge in [0.1, 0.15) is 0 Å². The van der Waals surface area contributed by atoms with Crippen LogP contribution in [0.25, 0.3) is 0 Å². The second kappa shape index (κ2) is 10.3. The van der Waals surface area contributed by atoms with Crippen molar-refractivity contribution in [2.24, 2.45) is 29.6 Å².